The van der Waals surface area contributed by atoms with Gasteiger partial charge in [-0.3, -0.25) is 4.79 Å². The Kier molecular flexibility index (Phi) is 4.16. The van der Waals surface area contributed by atoms with E-state index in [0.717, 1.165) is 11.1 Å². The Labute approximate surface area is 112 Å². The lowest BCUT2D eigenvalue weighted by atomic mass is 9.88. The Hall–Kier alpha value is -1.60. The maximum Gasteiger partial charge on any atom is 0.222 e. The van der Waals surface area contributed by atoms with Gasteiger partial charge in [0.2, 0.25) is 5.24 Å². The van der Waals surface area contributed by atoms with Crippen molar-refractivity contribution in [3.05, 3.63) is 71.3 Å². The number of carbonyl (C=O) groups is 1. The van der Waals surface area contributed by atoms with E-state index in [4.69, 9.17) is 11.6 Å². The van der Waals surface area contributed by atoms with Gasteiger partial charge in [-0.1, -0.05) is 60.2 Å². The maximum absolute atomic E-state index is 11.3. The van der Waals surface area contributed by atoms with Crippen molar-refractivity contribution in [3.63, 3.8) is 0 Å². The fraction of sp³-hybridized carbons (Fsp3) is 0.188. The van der Waals surface area contributed by atoms with Gasteiger partial charge in [0.25, 0.3) is 0 Å². The third-order valence-corrected chi connectivity index (χ3v) is 3.17. The van der Waals surface area contributed by atoms with Crippen molar-refractivity contribution in [1.82, 2.24) is 0 Å². The van der Waals surface area contributed by atoms with Crippen molar-refractivity contribution >= 4 is 16.8 Å². The smallest absolute Gasteiger partial charge is 0.222 e. The van der Waals surface area contributed by atoms with Gasteiger partial charge in [0, 0.05) is 12.3 Å². The van der Waals surface area contributed by atoms with E-state index in [1.807, 2.05) is 55.5 Å². The van der Waals surface area contributed by atoms with Gasteiger partial charge < -0.3 is 0 Å². The number of carbonyl (C=O) groups excluding carboxylic acids is 1. The summed E-state index contributed by atoms with van der Waals surface area (Å²) >= 11 is 5.57. The molecule has 0 saturated heterocycles. The predicted octanol–water partition coefficient (Wildman–Crippen LogP) is 4.28. The molecule has 0 heterocycles. The zero-order valence-electron chi connectivity index (χ0n) is 10.3. The Bertz CT molecular complexity index is 534. The normalized spacial score (nSPS) is 12.1. The standard InChI is InChI=1S/C16H15ClO/c1-12-6-5-9-14(10-12)15(11-16(17)18)13-7-3-2-4-8-13/h2-10,15H,11H2,1H3. The molecule has 0 radical (unpaired) electrons. The van der Waals surface area contributed by atoms with Crippen LogP contribution in [-0.4, -0.2) is 5.24 Å². The number of rotatable bonds is 4. The van der Waals surface area contributed by atoms with Gasteiger partial charge in [-0.2, -0.15) is 0 Å². The quantitative estimate of drug-likeness (QED) is 0.748. The highest BCUT2D eigenvalue weighted by atomic mass is 35.5. The number of hydrogen-bond acceptors (Lipinski definition) is 1. The van der Waals surface area contributed by atoms with Gasteiger partial charge in [-0.25, -0.2) is 0 Å². The molecule has 0 aliphatic rings. The third kappa shape index (κ3) is 3.21. The van der Waals surface area contributed by atoms with E-state index in [2.05, 4.69) is 6.07 Å². The van der Waals surface area contributed by atoms with Crippen LogP contribution in [0.1, 0.15) is 29.0 Å². The monoisotopic (exact) mass is 258 g/mol. The van der Waals surface area contributed by atoms with Crippen LogP contribution in [-0.2, 0) is 4.79 Å². The SMILES string of the molecule is Cc1cccc(C(CC(=O)Cl)c2ccccc2)c1. The van der Waals surface area contributed by atoms with Crippen LogP contribution in [0.25, 0.3) is 0 Å². The van der Waals surface area contributed by atoms with Gasteiger partial charge in [-0.05, 0) is 29.7 Å². The van der Waals surface area contributed by atoms with E-state index >= 15 is 0 Å². The molecule has 2 heteroatoms. The molecule has 1 nitrogen and oxygen atoms in total. The summed E-state index contributed by atoms with van der Waals surface area (Å²) in [5.41, 5.74) is 3.45. The van der Waals surface area contributed by atoms with E-state index in [9.17, 15) is 4.79 Å². The molecule has 2 aromatic rings. The topological polar surface area (TPSA) is 17.1 Å². The summed E-state index contributed by atoms with van der Waals surface area (Å²) in [6, 6.07) is 18.2. The highest BCUT2D eigenvalue weighted by Gasteiger charge is 2.16. The van der Waals surface area contributed by atoms with Crippen LogP contribution in [0.3, 0.4) is 0 Å². The lowest BCUT2D eigenvalue weighted by Gasteiger charge is -2.16. The molecule has 92 valence electrons. The molecule has 0 aliphatic carbocycles. The molecule has 2 aromatic carbocycles. The van der Waals surface area contributed by atoms with Crippen LogP contribution in [0.2, 0.25) is 0 Å². The average Bonchev–Trinajstić information content (AvgIpc) is 2.37. The van der Waals surface area contributed by atoms with Gasteiger partial charge in [0.05, 0.1) is 0 Å². The average molecular weight is 259 g/mol. The molecule has 0 fully saturated rings. The van der Waals surface area contributed by atoms with Gasteiger partial charge in [-0.15, -0.1) is 0 Å². The Morgan fingerprint density at radius 1 is 1.06 bits per heavy atom. The zero-order chi connectivity index (χ0) is 13.0. The second-order valence-electron chi connectivity index (χ2n) is 4.44. The van der Waals surface area contributed by atoms with Crippen molar-refractivity contribution in [2.45, 2.75) is 19.3 Å². The summed E-state index contributed by atoms with van der Waals surface area (Å²) in [5.74, 6) is 0.0381. The van der Waals surface area contributed by atoms with Gasteiger partial charge >= 0.3 is 0 Å². The highest BCUT2D eigenvalue weighted by molar-refractivity contribution is 6.63. The largest absolute Gasteiger partial charge is 0.281 e. The Balaban J connectivity index is 2.40. The maximum atomic E-state index is 11.3. The molecule has 0 aromatic heterocycles. The number of benzene rings is 2. The fourth-order valence-electron chi connectivity index (χ4n) is 2.16. The van der Waals surface area contributed by atoms with Crippen molar-refractivity contribution in [2.75, 3.05) is 0 Å². The van der Waals surface area contributed by atoms with Crippen LogP contribution in [0.5, 0.6) is 0 Å². The first-order valence-corrected chi connectivity index (χ1v) is 6.34. The molecule has 0 N–H and O–H groups in total. The minimum Gasteiger partial charge on any atom is -0.281 e. The summed E-state index contributed by atoms with van der Waals surface area (Å²) in [6.45, 7) is 2.05. The molecule has 0 saturated carbocycles. The molecule has 0 spiro atoms. The number of aryl methyl sites for hydroxylation is 1. The highest BCUT2D eigenvalue weighted by Crippen LogP contribution is 2.29. The first kappa shape index (κ1) is 12.8. The molecule has 0 aliphatic heterocycles. The van der Waals surface area contributed by atoms with Crippen molar-refractivity contribution in [3.8, 4) is 0 Å². The van der Waals surface area contributed by atoms with Crippen LogP contribution in [0.4, 0.5) is 0 Å². The molecule has 1 atom stereocenters. The molecular weight excluding hydrogens is 244 g/mol. The molecule has 2 rings (SSSR count). The summed E-state index contributed by atoms with van der Waals surface area (Å²) in [6.07, 6.45) is 0.328. The van der Waals surface area contributed by atoms with E-state index in [1.54, 1.807) is 0 Å². The third-order valence-electron chi connectivity index (χ3n) is 3.01. The van der Waals surface area contributed by atoms with Gasteiger partial charge in [0.1, 0.15) is 0 Å². The Morgan fingerprint density at radius 2 is 1.72 bits per heavy atom. The van der Waals surface area contributed by atoms with E-state index in [1.165, 1.54) is 5.56 Å². The van der Waals surface area contributed by atoms with Crippen LogP contribution in [0, 0.1) is 6.92 Å². The summed E-state index contributed by atoms with van der Waals surface area (Å²) < 4.78 is 0. The lowest BCUT2D eigenvalue weighted by Crippen LogP contribution is -2.05. The summed E-state index contributed by atoms with van der Waals surface area (Å²) in [4.78, 5) is 11.3. The number of hydrogen-bond donors (Lipinski definition) is 0. The second-order valence-corrected chi connectivity index (χ2v) is 4.86. The van der Waals surface area contributed by atoms with E-state index < -0.39 is 0 Å². The Morgan fingerprint density at radius 3 is 2.33 bits per heavy atom. The van der Waals surface area contributed by atoms with Crippen molar-refractivity contribution < 1.29 is 4.79 Å². The van der Waals surface area contributed by atoms with Crippen LogP contribution in [0.15, 0.2) is 54.6 Å². The van der Waals surface area contributed by atoms with E-state index in [-0.39, 0.29) is 11.2 Å². The lowest BCUT2D eigenvalue weighted by molar-refractivity contribution is -0.111. The first-order chi connectivity index (χ1) is 8.66. The molecule has 18 heavy (non-hydrogen) atoms. The van der Waals surface area contributed by atoms with Crippen molar-refractivity contribution in [1.29, 1.82) is 0 Å². The minimum absolute atomic E-state index is 0.0381. The zero-order valence-corrected chi connectivity index (χ0v) is 11.0. The molecular formula is C16H15ClO. The molecule has 1 unspecified atom stereocenters. The van der Waals surface area contributed by atoms with Crippen molar-refractivity contribution in [2.24, 2.45) is 0 Å². The summed E-state index contributed by atoms with van der Waals surface area (Å²) in [7, 11) is 0. The van der Waals surface area contributed by atoms with Gasteiger partial charge in [0.15, 0.2) is 0 Å². The predicted molar refractivity (Wildman–Crippen MR) is 74.9 cm³/mol. The molecule has 0 bridgehead atoms. The first-order valence-electron chi connectivity index (χ1n) is 5.96. The summed E-state index contributed by atoms with van der Waals surface area (Å²) in [5, 5.41) is -0.301. The fourth-order valence-corrected chi connectivity index (χ4v) is 2.32. The number of halogens is 1. The van der Waals surface area contributed by atoms with Crippen LogP contribution >= 0.6 is 11.6 Å². The molecule has 0 amide bonds. The second kappa shape index (κ2) is 5.83. The van der Waals surface area contributed by atoms with E-state index in [0.29, 0.717) is 6.42 Å². The minimum atomic E-state index is -0.301. The van der Waals surface area contributed by atoms with Crippen LogP contribution < -0.4 is 0 Å².